The van der Waals surface area contributed by atoms with Crippen molar-refractivity contribution >= 4 is 28.4 Å². The van der Waals surface area contributed by atoms with Crippen LogP contribution in [0, 0.1) is 17.8 Å². The van der Waals surface area contributed by atoms with E-state index in [1.807, 2.05) is 24.3 Å². The van der Waals surface area contributed by atoms with Gasteiger partial charge < -0.3 is 10.1 Å². The Morgan fingerprint density at radius 1 is 1.17 bits per heavy atom. The largest absolute Gasteiger partial charge is 0.488 e. The second kappa shape index (κ2) is 7.88. The second-order valence-electron chi connectivity index (χ2n) is 8.34. The number of hydrogen-bond donors (Lipinski definition) is 1. The Morgan fingerprint density at radius 2 is 1.90 bits per heavy atom. The zero-order chi connectivity index (χ0) is 20.7. The molecule has 2 aliphatic rings. The van der Waals surface area contributed by atoms with Crippen molar-refractivity contribution in [1.29, 1.82) is 0 Å². The maximum Gasteiger partial charge on any atom is 0.251 e. The van der Waals surface area contributed by atoms with Crippen LogP contribution in [0.4, 0.5) is 0 Å². The average molecular weight is 422 g/mol. The fraction of sp³-hybridized carbons (Fsp3) is 0.375. The van der Waals surface area contributed by atoms with Gasteiger partial charge >= 0.3 is 0 Å². The predicted octanol–water partition coefficient (Wildman–Crippen LogP) is 4.90. The third kappa shape index (κ3) is 3.63. The van der Waals surface area contributed by atoms with E-state index in [1.54, 1.807) is 30.5 Å². The van der Waals surface area contributed by atoms with Gasteiger partial charge in [-0.2, -0.15) is 10.2 Å². The van der Waals surface area contributed by atoms with E-state index in [0.29, 0.717) is 28.3 Å². The molecule has 1 aromatic heterocycles. The summed E-state index contributed by atoms with van der Waals surface area (Å²) in [6.45, 7) is 2.14. The van der Waals surface area contributed by atoms with Crippen molar-refractivity contribution in [2.75, 3.05) is 0 Å². The lowest BCUT2D eigenvalue weighted by Gasteiger charge is -2.22. The van der Waals surface area contributed by atoms with Crippen LogP contribution in [0.25, 0.3) is 10.9 Å². The fourth-order valence-corrected chi connectivity index (χ4v) is 5.24. The minimum atomic E-state index is -0.0226. The molecule has 2 fully saturated rings. The highest BCUT2D eigenvalue weighted by atomic mass is 35.5. The molecule has 5 rings (SSSR count). The molecule has 5 nitrogen and oxygen atoms in total. The van der Waals surface area contributed by atoms with Crippen LogP contribution in [-0.2, 0) is 0 Å². The number of nitrogens with one attached hydrogen (secondary N) is 1. The van der Waals surface area contributed by atoms with Crippen LogP contribution in [0.15, 0.2) is 54.7 Å². The Morgan fingerprint density at radius 3 is 2.63 bits per heavy atom. The zero-order valence-corrected chi connectivity index (χ0v) is 17.5. The molecule has 0 aliphatic heterocycles. The Balaban J connectivity index is 1.20. The molecular formula is C24H24ClN3O2. The number of rotatable bonds is 6. The van der Waals surface area contributed by atoms with Crippen molar-refractivity contribution in [3.05, 3.63) is 65.3 Å². The summed E-state index contributed by atoms with van der Waals surface area (Å²) in [4.78, 5) is 12.6. The number of aromatic nitrogens is 2. The molecule has 2 aromatic carbocycles. The lowest BCUT2D eigenvalue weighted by Crippen LogP contribution is -2.37. The fourth-order valence-electron chi connectivity index (χ4n) is 5.11. The van der Waals surface area contributed by atoms with Crippen LogP contribution < -0.4 is 10.1 Å². The van der Waals surface area contributed by atoms with Gasteiger partial charge in [0.25, 0.3) is 5.91 Å². The van der Waals surface area contributed by atoms with Crippen molar-refractivity contribution in [3.63, 3.8) is 0 Å². The number of benzene rings is 2. The summed E-state index contributed by atoms with van der Waals surface area (Å²) in [7, 11) is 0. The molecule has 6 heteroatoms. The minimum Gasteiger partial charge on any atom is -0.488 e. The van der Waals surface area contributed by atoms with E-state index in [1.165, 1.54) is 0 Å². The first-order valence-corrected chi connectivity index (χ1v) is 11.0. The molecule has 1 N–H and O–H groups in total. The first kappa shape index (κ1) is 19.3. The highest BCUT2D eigenvalue weighted by molar-refractivity contribution is 6.30. The SMILES string of the molecule is CC[C@H](NC(=O)c1ccc(Cl)cc1)C1[C@H]2CC(Oc3cnnc4ccccc34)C[C@H]12. The summed E-state index contributed by atoms with van der Waals surface area (Å²) >= 11 is 5.93. The summed E-state index contributed by atoms with van der Waals surface area (Å²) in [5.74, 6) is 2.56. The zero-order valence-electron chi connectivity index (χ0n) is 16.8. The van der Waals surface area contributed by atoms with E-state index in [2.05, 4.69) is 22.4 Å². The van der Waals surface area contributed by atoms with E-state index in [-0.39, 0.29) is 18.1 Å². The first-order chi connectivity index (χ1) is 14.6. The summed E-state index contributed by atoms with van der Waals surface area (Å²) in [6.07, 6.45) is 4.90. The summed E-state index contributed by atoms with van der Waals surface area (Å²) in [5.41, 5.74) is 1.51. The number of ether oxygens (including phenoxy) is 1. The van der Waals surface area contributed by atoms with Crippen molar-refractivity contribution in [2.45, 2.75) is 38.3 Å². The smallest absolute Gasteiger partial charge is 0.251 e. The number of carbonyl (C=O) groups is 1. The summed E-state index contributed by atoms with van der Waals surface area (Å²) < 4.78 is 6.31. The van der Waals surface area contributed by atoms with Crippen molar-refractivity contribution in [3.8, 4) is 5.75 Å². The molecule has 0 saturated heterocycles. The van der Waals surface area contributed by atoms with Crippen LogP contribution >= 0.6 is 11.6 Å². The van der Waals surface area contributed by atoms with E-state index >= 15 is 0 Å². The van der Waals surface area contributed by atoms with Crippen LogP contribution in [0.2, 0.25) is 5.02 Å². The van der Waals surface area contributed by atoms with Crippen molar-refractivity contribution < 1.29 is 9.53 Å². The lowest BCUT2D eigenvalue weighted by molar-refractivity contribution is 0.0924. The molecule has 1 heterocycles. The molecule has 1 amide bonds. The van der Waals surface area contributed by atoms with Gasteiger partial charge in [-0.1, -0.05) is 30.7 Å². The van der Waals surface area contributed by atoms with Gasteiger partial charge in [-0.05, 0) is 73.4 Å². The molecule has 154 valence electrons. The van der Waals surface area contributed by atoms with Gasteiger partial charge in [-0.15, -0.1) is 0 Å². The monoisotopic (exact) mass is 421 g/mol. The van der Waals surface area contributed by atoms with Gasteiger partial charge in [-0.3, -0.25) is 4.79 Å². The maximum absolute atomic E-state index is 12.6. The van der Waals surface area contributed by atoms with Gasteiger partial charge in [0, 0.05) is 22.0 Å². The number of amides is 1. The lowest BCUT2D eigenvalue weighted by atomic mass is 10.00. The highest BCUT2D eigenvalue weighted by Gasteiger charge is 2.59. The van der Waals surface area contributed by atoms with Gasteiger partial charge in [0.05, 0.1) is 17.8 Å². The predicted molar refractivity (Wildman–Crippen MR) is 117 cm³/mol. The maximum atomic E-state index is 12.6. The summed E-state index contributed by atoms with van der Waals surface area (Å²) in [5, 5.41) is 13.1. The van der Waals surface area contributed by atoms with Crippen LogP contribution in [0.3, 0.4) is 0 Å². The van der Waals surface area contributed by atoms with Gasteiger partial charge in [0.15, 0.2) is 0 Å². The van der Waals surface area contributed by atoms with E-state index < -0.39 is 0 Å². The third-order valence-electron chi connectivity index (χ3n) is 6.60. The van der Waals surface area contributed by atoms with E-state index in [9.17, 15) is 4.79 Å². The normalized spacial score (nSPS) is 23.7. The molecular weight excluding hydrogens is 398 g/mol. The Hall–Kier alpha value is -2.66. The highest BCUT2D eigenvalue weighted by Crippen LogP contribution is 2.60. The summed E-state index contributed by atoms with van der Waals surface area (Å²) in [6, 6.07) is 15.2. The Kier molecular flexibility index (Phi) is 5.07. The number of fused-ring (bicyclic) bond motifs is 2. The standard InChI is InChI=1S/C24H24ClN3O2/c1-2-20(27-24(29)14-7-9-15(25)10-8-14)23-18-11-16(12-19(18)23)30-22-13-26-28-21-6-4-3-5-17(21)22/h3-10,13,16,18-20,23H,2,11-12H2,1H3,(H,27,29)/t16?,18-,19-,20-,23?/m0/s1. The molecule has 2 saturated carbocycles. The molecule has 0 unspecified atom stereocenters. The topological polar surface area (TPSA) is 64.1 Å². The Labute approximate surface area is 180 Å². The molecule has 0 radical (unpaired) electrons. The molecule has 3 atom stereocenters. The number of carbonyl (C=O) groups excluding carboxylic acids is 1. The number of halogens is 1. The molecule has 3 aromatic rings. The van der Waals surface area contributed by atoms with Crippen molar-refractivity contribution in [2.24, 2.45) is 17.8 Å². The molecule has 30 heavy (non-hydrogen) atoms. The number of nitrogens with zero attached hydrogens (tertiary/aromatic N) is 2. The van der Waals surface area contributed by atoms with E-state index in [4.69, 9.17) is 16.3 Å². The van der Waals surface area contributed by atoms with Crippen LogP contribution in [0.5, 0.6) is 5.75 Å². The van der Waals surface area contributed by atoms with Gasteiger partial charge in [0.1, 0.15) is 5.75 Å². The molecule has 0 spiro atoms. The molecule has 2 aliphatic carbocycles. The first-order valence-electron chi connectivity index (χ1n) is 10.6. The van der Waals surface area contributed by atoms with Crippen molar-refractivity contribution in [1.82, 2.24) is 15.5 Å². The van der Waals surface area contributed by atoms with Gasteiger partial charge in [-0.25, -0.2) is 0 Å². The Bertz CT molecular complexity index is 1050. The average Bonchev–Trinajstić information content (AvgIpc) is 3.26. The third-order valence-corrected chi connectivity index (χ3v) is 6.85. The quantitative estimate of drug-likeness (QED) is 0.615. The van der Waals surface area contributed by atoms with E-state index in [0.717, 1.165) is 35.9 Å². The van der Waals surface area contributed by atoms with Gasteiger partial charge in [0.2, 0.25) is 0 Å². The number of hydrogen-bond acceptors (Lipinski definition) is 4. The van der Waals surface area contributed by atoms with Crippen LogP contribution in [0.1, 0.15) is 36.5 Å². The second-order valence-corrected chi connectivity index (χ2v) is 8.77. The molecule has 0 bridgehead atoms. The van der Waals surface area contributed by atoms with Crippen LogP contribution in [-0.4, -0.2) is 28.3 Å². The minimum absolute atomic E-state index is 0.0226.